The van der Waals surface area contributed by atoms with Gasteiger partial charge in [-0.25, -0.2) is 0 Å². The van der Waals surface area contributed by atoms with Crippen molar-refractivity contribution >= 4 is 21.7 Å². The summed E-state index contributed by atoms with van der Waals surface area (Å²) in [6.07, 6.45) is 2.14. The lowest BCUT2D eigenvalue weighted by Crippen LogP contribution is -2.09. The van der Waals surface area contributed by atoms with Gasteiger partial charge in [0, 0.05) is 34.3 Å². The maximum absolute atomic E-state index is 12.9. The zero-order valence-electron chi connectivity index (χ0n) is 14.4. The SMILES string of the molecule is Cc1ccc([C@@H](CC(=O)c2ccnc(C)c2)c2ccc(Br)cc2)cc1. The van der Waals surface area contributed by atoms with Crippen LogP contribution in [0.5, 0.6) is 0 Å². The molecule has 0 bridgehead atoms. The molecule has 0 amide bonds. The molecule has 3 heteroatoms. The predicted molar refractivity (Wildman–Crippen MR) is 105 cm³/mol. The van der Waals surface area contributed by atoms with E-state index in [0.717, 1.165) is 26.9 Å². The minimum atomic E-state index is 0.0367. The summed E-state index contributed by atoms with van der Waals surface area (Å²) in [5, 5.41) is 0. The molecule has 1 atom stereocenters. The first-order chi connectivity index (χ1) is 12.0. The molecule has 0 fully saturated rings. The molecular formula is C22H20BrNO. The van der Waals surface area contributed by atoms with E-state index in [2.05, 4.69) is 64.2 Å². The number of halogens is 1. The molecule has 0 unspecified atom stereocenters. The number of carbonyl (C=O) groups is 1. The smallest absolute Gasteiger partial charge is 0.163 e. The van der Waals surface area contributed by atoms with Crippen LogP contribution >= 0.6 is 15.9 Å². The van der Waals surface area contributed by atoms with Crippen molar-refractivity contribution in [3.05, 3.63) is 99.3 Å². The highest BCUT2D eigenvalue weighted by Crippen LogP contribution is 2.30. The van der Waals surface area contributed by atoms with Crippen LogP contribution in [-0.2, 0) is 0 Å². The Hall–Kier alpha value is -2.26. The number of Topliss-reactive ketones (excluding diaryl/α,β-unsaturated/α-hetero) is 1. The topological polar surface area (TPSA) is 30.0 Å². The first-order valence-electron chi connectivity index (χ1n) is 8.31. The summed E-state index contributed by atoms with van der Waals surface area (Å²) in [4.78, 5) is 17.0. The van der Waals surface area contributed by atoms with Crippen molar-refractivity contribution in [2.45, 2.75) is 26.2 Å². The molecule has 0 spiro atoms. The number of carbonyl (C=O) groups excluding carboxylic acids is 1. The van der Waals surface area contributed by atoms with Gasteiger partial charge in [-0.05, 0) is 49.2 Å². The van der Waals surface area contributed by atoms with Gasteiger partial charge in [0.05, 0.1) is 0 Å². The van der Waals surface area contributed by atoms with E-state index in [4.69, 9.17) is 0 Å². The molecule has 126 valence electrons. The fraction of sp³-hybridized carbons (Fsp3) is 0.182. The van der Waals surface area contributed by atoms with Crippen LogP contribution in [0.4, 0.5) is 0 Å². The number of benzene rings is 2. The van der Waals surface area contributed by atoms with E-state index in [1.165, 1.54) is 5.56 Å². The van der Waals surface area contributed by atoms with E-state index in [-0.39, 0.29) is 11.7 Å². The van der Waals surface area contributed by atoms with Crippen molar-refractivity contribution in [1.82, 2.24) is 4.98 Å². The van der Waals surface area contributed by atoms with E-state index in [0.29, 0.717) is 6.42 Å². The number of nitrogens with zero attached hydrogens (tertiary/aromatic N) is 1. The Labute approximate surface area is 157 Å². The summed E-state index contributed by atoms with van der Waals surface area (Å²) in [7, 11) is 0. The molecule has 0 aliphatic carbocycles. The summed E-state index contributed by atoms with van der Waals surface area (Å²) in [6.45, 7) is 3.98. The second-order valence-corrected chi connectivity index (χ2v) is 7.24. The molecule has 3 rings (SSSR count). The fourth-order valence-electron chi connectivity index (χ4n) is 2.94. The molecule has 0 aliphatic rings. The normalized spacial score (nSPS) is 12.0. The minimum absolute atomic E-state index is 0.0367. The van der Waals surface area contributed by atoms with Gasteiger partial charge in [-0.3, -0.25) is 9.78 Å². The number of ketones is 1. The van der Waals surface area contributed by atoms with Gasteiger partial charge in [0.25, 0.3) is 0 Å². The maximum atomic E-state index is 12.9. The number of aromatic nitrogens is 1. The average Bonchev–Trinajstić information content (AvgIpc) is 2.61. The molecule has 2 nitrogen and oxygen atoms in total. The first-order valence-corrected chi connectivity index (χ1v) is 9.10. The summed E-state index contributed by atoms with van der Waals surface area (Å²) < 4.78 is 1.04. The Morgan fingerprint density at radius 2 is 1.56 bits per heavy atom. The van der Waals surface area contributed by atoms with E-state index >= 15 is 0 Å². The number of hydrogen-bond acceptors (Lipinski definition) is 2. The summed E-state index contributed by atoms with van der Waals surface area (Å²) in [5.41, 5.74) is 5.11. The third-order valence-electron chi connectivity index (χ3n) is 4.36. The van der Waals surface area contributed by atoms with Crippen molar-refractivity contribution in [1.29, 1.82) is 0 Å². The predicted octanol–water partition coefficient (Wildman–Crippen LogP) is 5.87. The Balaban J connectivity index is 1.94. The molecule has 1 heterocycles. The zero-order chi connectivity index (χ0) is 17.8. The van der Waals surface area contributed by atoms with Gasteiger partial charge in [-0.1, -0.05) is 57.9 Å². The molecule has 2 aromatic carbocycles. The number of pyridine rings is 1. The quantitative estimate of drug-likeness (QED) is 0.507. The second-order valence-electron chi connectivity index (χ2n) is 6.33. The third-order valence-corrected chi connectivity index (χ3v) is 4.89. The van der Waals surface area contributed by atoms with Gasteiger partial charge in [-0.2, -0.15) is 0 Å². The number of rotatable bonds is 5. The van der Waals surface area contributed by atoms with Crippen molar-refractivity contribution in [3.8, 4) is 0 Å². The van der Waals surface area contributed by atoms with Crippen LogP contribution in [-0.4, -0.2) is 10.8 Å². The molecule has 0 radical (unpaired) electrons. The van der Waals surface area contributed by atoms with Crippen molar-refractivity contribution < 1.29 is 4.79 Å². The van der Waals surface area contributed by atoms with Crippen LogP contribution in [0, 0.1) is 13.8 Å². The Kier molecular flexibility index (Phi) is 5.44. The largest absolute Gasteiger partial charge is 0.294 e. The summed E-state index contributed by atoms with van der Waals surface area (Å²) >= 11 is 3.48. The van der Waals surface area contributed by atoms with Gasteiger partial charge in [-0.15, -0.1) is 0 Å². The van der Waals surface area contributed by atoms with Crippen molar-refractivity contribution in [2.75, 3.05) is 0 Å². The van der Waals surface area contributed by atoms with E-state index in [9.17, 15) is 4.79 Å². The van der Waals surface area contributed by atoms with Crippen LogP contribution < -0.4 is 0 Å². The molecular weight excluding hydrogens is 374 g/mol. The third kappa shape index (κ3) is 4.43. The monoisotopic (exact) mass is 393 g/mol. The summed E-state index contributed by atoms with van der Waals surface area (Å²) in [6, 6.07) is 20.3. The Morgan fingerprint density at radius 3 is 2.16 bits per heavy atom. The average molecular weight is 394 g/mol. The Morgan fingerprint density at radius 1 is 0.960 bits per heavy atom. The van der Waals surface area contributed by atoms with Gasteiger partial charge in [0.2, 0.25) is 0 Å². The molecule has 0 aliphatic heterocycles. The summed E-state index contributed by atoms with van der Waals surface area (Å²) in [5.74, 6) is 0.175. The van der Waals surface area contributed by atoms with Gasteiger partial charge < -0.3 is 0 Å². The molecule has 3 aromatic rings. The van der Waals surface area contributed by atoms with Gasteiger partial charge in [0.1, 0.15) is 0 Å². The van der Waals surface area contributed by atoms with Gasteiger partial charge >= 0.3 is 0 Å². The van der Waals surface area contributed by atoms with Crippen molar-refractivity contribution in [3.63, 3.8) is 0 Å². The lowest BCUT2D eigenvalue weighted by Gasteiger charge is -2.18. The lowest BCUT2D eigenvalue weighted by atomic mass is 9.85. The molecule has 0 saturated carbocycles. The van der Waals surface area contributed by atoms with Gasteiger partial charge in [0.15, 0.2) is 5.78 Å². The second kappa shape index (κ2) is 7.75. The van der Waals surface area contributed by atoms with E-state index < -0.39 is 0 Å². The first kappa shape index (κ1) is 17.6. The number of hydrogen-bond donors (Lipinski definition) is 0. The van der Waals surface area contributed by atoms with Crippen molar-refractivity contribution in [2.24, 2.45) is 0 Å². The molecule has 0 saturated heterocycles. The van der Waals surface area contributed by atoms with Crippen LogP contribution in [0.25, 0.3) is 0 Å². The lowest BCUT2D eigenvalue weighted by molar-refractivity contribution is 0.0977. The standard InChI is InChI=1S/C22H20BrNO/c1-15-3-5-17(6-4-15)21(18-7-9-20(23)10-8-18)14-22(25)19-11-12-24-16(2)13-19/h3-13,21H,14H2,1-2H3/t21-/m1/s1. The van der Waals surface area contributed by atoms with Crippen LogP contribution in [0.15, 0.2) is 71.3 Å². The highest BCUT2D eigenvalue weighted by atomic mass is 79.9. The Bertz CT molecular complexity index is 824. The molecule has 1 aromatic heterocycles. The molecule has 25 heavy (non-hydrogen) atoms. The maximum Gasteiger partial charge on any atom is 0.163 e. The minimum Gasteiger partial charge on any atom is -0.294 e. The fourth-order valence-corrected chi connectivity index (χ4v) is 3.21. The van der Waals surface area contributed by atoms with E-state index in [1.54, 1.807) is 12.3 Å². The number of aryl methyl sites for hydroxylation is 2. The molecule has 0 N–H and O–H groups in total. The highest BCUT2D eigenvalue weighted by Gasteiger charge is 2.19. The van der Waals surface area contributed by atoms with E-state index in [1.807, 2.05) is 25.1 Å². The van der Waals surface area contributed by atoms with Crippen LogP contribution in [0.1, 0.15) is 45.1 Å². The van der Waals surface area contributed by atoms with Crippen LogP contribution in [0.2, 0.25) is 0 Å². The highest BCUT2D eigenvalue weighted by molar-refractivity contribution is 9.10. The zero-order valence-corrected chi connectivity index (χ0v) is 16.0. The van der Waals surface area contributed by atoms with Crippen LogP contribution in [0.3, 0.4) is 0 Å².